The Balaban J connectivity index is 2.60. The maximum absolute atomic E-state index is 12.8. The molecule has 0 amide bonds. The summed E-state index contributed by atoms with van der Waals surface area (Å²) in [5.74, 6) is -0.452. The quantitative estimate of drug-likeness (QED) is 0.632. The fourth-order valence-electron chi connectivity index (χ4n) is 0.914. The summed E-state index contributed by atoms with van der Waals surface area (Å²) in [5.41, 5.74) is 0.642. The summed E-state index contributed by atoms with van der Waals surface area (Å²) in [6, 6.07) is 4.31. The van der Waals surface area contributed by atoms with Crippen molar-refractivity contribution < 1.29 is 4.39 Å². The molecule has 0 aliphatic heterocycles. The third-order valence-corrected chi connectivity index (χ3v) is 2.12. The zero-order valence-electron chi connectivity index (χ0n) is 7.89. The lowest BCUT2D eigenvalue weighted by molar-refractivity contribution is 0.628. The molecule has 0 aromatic heterocycles. The summed E-state index contributed by atoms with van der Waals surface area (Å²) in [6.07, 6.45) is 1.69. The zero-order valence-corrected chi connectivity index (χ0v) is 9.46. The topological polar surface area (TPSA) is 24.1 Å². The molecule has 1 rings (SSSR count). The molecule has 15 heavy (non-hydrogen) atoms. The van der Waals surface area contributed by atoms with Crippen molar-refractivity contribution in [3.8, 4) is 0 Å². The van der Waals surface area contributed by atoms with Gasteiger partial charge in [0.2, 0.25) is 0 Å². The molecule has 0 saturated heterocycles. The molecule has 0 aliphatic rings. The lowest BCUT2D eigenvalue weighted by atomic mass is 10.3. The monoisotopic (exact) mass is 244 g/mol. The van der Waals surface area contributed by atoms with Crippen LogP contribution in [0.5, 0.6) is 0 Å². The summed E-state index contributed by atoms with van der Waals surface area (Å²) >= 11 is 10.6. The first-order valence-electron chi connectivity index (χ1n) is 4.24. The first kappa shape index (κ1) is 11.9. The standard InChI is InChI=1S/C10H10ClFN2S/c1-2-5-13-10(15)14-7-3-4-9(12)8(11)6-7/h2-4,6H,1,5H2,(H2,13,14,15). The minimum Gasteiger partial charge on any atom is -0.359 e. The number of halogens is 2. The SMILES string of the molecule is C=CCNC(=S)Nc1ccc(F)c(Cl)c1. The van der Waals surface area contributed by atoms with Gasteiger partial charge < -0.3 is 10.6 Å². The number of hydrogen-bond donors (Lipinski definition) is 2. The maximum Gasteiger partial charge on any atom is 0.171 e. The van der Waals surface area contributed by atoms with Crippen molar-refractivity contribution >= 4 is 34.6 Å². The molecule has 0 fully saturated rings. The highest BCUT2D eigenvalue weighted by atomic mass is 35.5. The molecule has 2 N–H and O–H groups in total. The van der Waals surface area contributed by atoms with E-state index in [-0.39, 0.29) is 5.02 Å². The minimum atomic E-state index is -0.452. The van der Waals surface area contributed by atoms with Crippen LogP contribution in [-0.4, -0.2) is 11.7 Å². The summed E-state index contributed by atoms with van der Waals surface area (Å²) in [4.78, 5) is 0. The van der Waals surface area contributed by atoms with Crippen molar-refractivity contribution in [1.82, 2.24) is 5.32 Å². The van der Waals surface area contributed by atoms with Gasteiger partial charge in [-0.05, 0) is 30.4 Å². The van der Waals surface area contributed by atoms with Crippen LogP contribution in [0.25, 0.3) is 0 Å². The average Bonchev–Trinajstić information content (AvgIpc) is 2.20. The molecule has 0 unspecified atom stereocenters. The Morgan fingerprint density at radius 1 is 1.60 bits per heavy atom. The molecular formula is C10H10ClFN2S. The van der Waals surface area contributed by atoms with Gasteiger partial charge in [0.15, 0.2) is 5.11 Å². The summed E-state index contributed by atoms with van der Waals surface area (Å²) in [5, 5.41) is 6.25. The van der Waals surface area contributed by atoms with Gasteiger partial charge in [0.05, 0.1) is 5.02 Å². The number of benzene rings is 1. The van der Waals surface area contributed by atoms with E-state index in [1.807, 2.05) is 0 Å². The van der Waals surface area contributed by atoms with Crippen molar-refractivity contribution in [2.75, 3.05) is 11.9 Å². The molecule has 0 atom stereocenters. The van der Waals surface area contributed by atoms with Gasteiger partial charge in [-0.15, -0.1) is 6.58 Å². The Kier molecular flexibility index (Phi) is 4.52. The van der Waals surface area contributed by atoms with Gasteiger partial charge >= 0.3 is 0 Å². The predicted octanol–water partition coefficient (Wildman–Crippen LogP) is 2.95. The molecule has 2 nitrogen and oxygen atoms in total. The molecule has 0 saturated carbocycles. The van der Waals surface area contributed by atoms with Crippen LogP contribution < -0.4 is 10.6 Å². The number of nitrogens with one attached hydrogen (secondary N) is 2. The first-order chi connectivity index (χ1) is 7.13. The molecule has 0 bridgehead atoms. The minimum absolute atomic E-state index is 0.0616. The van der Waals surface area contributed by atoms with Gasteiger partial charge in [-0.2, -0.15) is 0 Å². The van der Waals surface area contributed by atoms with E-state index in [0.717, 1.165) is 0 Å². The average molecular weight is 245 g/mol. The molecule has 0 radical (unpaired) electrons. The van der Waals surface area contributed by atoms with E-state index in [4.69, 9.17) is 23.8 Å². The van der Waals surface area contributed by atoms with Crippen LogP contribution in [-0.2, 0) is 0 Å². The van der Waals surface area contributed by atoms with E-state index < -0.39 is 5.82 Å². The first-order valence-corrected chi connectivity index (χ1v) is 5.03. The Hall–Kier alpha value is -1.13. The molecule has 0 spiro atoms. The molecule has 5 heteroatoms. The van der Waals surface area contributed by atoms with Gasteiger partial charge in [0.25, 0.3) is 0 Å². The fourth-order valence-corrected chi connectivity index (χ4v) is 1.30. The molecule has 80 valence electrons. The van der Waals surface area contributed by atoms with E-state index in [1.165, 1.54) is 12.1 Å². The van der Waals surface area contributed by atoms with E-state index in [2.05, 4.69) is 17.2 Å². The van der Waals surface area contributed by atoms with Crippen LogP contribution in [0.2, 0.25) is 5.02 Å². The Labute approximate surface area is 98.1 Å². The summed E-state index contributed by atoms with van der Waals surface area (Å²) < 4.78 is 12.8. The molecule has 0 heterocycles. The number of thiocarbonyl (C=S) groups is 1. The third-order valence-electron chi connectivity index (χ3n) is 1.58. The van der Waals surface area contributed by atoms with Gasteiger partial charge in [0.1, 0.15) is 5.82 Å². The Morgan fingerprint density at radius 3 is 2.93 bits per heavy atom. The van der Waals surface area contributed by atoms with Gasteiger partial charge in [-0.1, -0.05) is 17.7 Å². The highest BCUT2D eigenvalue weighted by molar-refractivity contribution is 7.80. The van der Waals surface area contributed by atoms with Crippen molar-refractivity contribution in [3.05, 3.63) is 41.7 Å². The van der Waals surface area contributed by atoms with E-state index >= 15 is 0 Å². The largest absolute Gasteiger partial charge is 0.359 e. The van der Waals surface area contributed by atoms with Crippen molar-refractivity contribution in [2.45, 2.75) is 0 Å². The normalized spacial score (nSPS) is 9.47. The third kappa shape index (κ3) is 3.85. The van der Waals surface area contributed by atoms with E-state index in [9.17, 15) is 4.39 Å². The number of hydrogen-bond acceptors (Lipinski definition) is 1. The lowest BCUT2D eigenvalue weighted by Crippen LogP contribution is -2.28. The smallest absolute Gasteiger partial charge is 0.171 e. The van der Waals surface area contributed by atoms with Gasteiger partial charge in [-0.25, -0.2) is 4.39 Å². The van der Waals surface area contributed by atoms with Gasteiger partial charge in [-0.3, -0.25) is 0 Å². The number of rotatable bonds is 3. The van der Waals surface area contributed by atoms with E-state index in [1.54, 1.807) is 12.1 Å². The van der Waals surface area contributed by atoms with Crippen LogP contribution in [0.3, 0.4) is 0 Å². The molecule has 1 aromatic carbocycles. The van der Waals surface area contributed by atoms with Crippen molar-refractivity contribution in [1.29, 1.82) is 0 Å². The molecular weight excluding hydrogens is 235 g/mol. The second-order valence-corrected chi connectivity index (χ2v) is 3.57. The molecule has 1 aromatic rings. The Morgan fingerprint density at radius 2 is 2.33 bits per heavy atom. The summed E-state index contributed by atoms with van der Waals surface area (Å²) in [7, 11) is 0. The zero-order chi connectivity index (χ0) is 11.3. The highest BCUT2D eigenvalue weighted by Crippen LogP contribution is 2.19. The van der Waals surface area contributed by atoms with Crippen LogP contribution in [0.15, 0.2) is 30.9 Å². The predicted molar refractivity (Wildman–Crippen MR) is 65.8 cm³/mol. The highest BCUT2D eigenvalue weighted by Gasteiger charge is 2.01. The number of anilines is 1. The van der Waals surface area contributed by atoms with Crippen molar-refractivity contribution in [3.63, 3.8) is 0 Å². The Bertz CT molecular complexity index is 382. The molecule has 0 aliphatic carbocycles. The van der Waals surface area contributed by atoms with Crippen LogP contribution in [0.1, 0.15) is 0 Å². The summed E-state index contributed by atoms with van der Waals surface area (Å²) in [6.45, 7) is 4.11. The fraction of sp³-hybridized carbons (Fsp3) is 0.100. The van der Waals surface area contributed by atoms with Crippen LogP contribution in [0.4, 0.5) is 10.1 Å². The van der Waals surface area contributed by atoms with Crippen LogP contribution >= 0.6 is 23.8 Å². The second-order valence-electron chi connectivity index (χ2n) is 2.75. The second kappa shape index (κ2) is 5.68. The van der Waals surface area contributed by atoms with E-state index in [0.29, 0.717) is 17.3 Å². The maximum atomic E-state index is 12.8. The van der Waals surface area contributed by atoms with Crippen molar-refractivity contribution in [2.24, 2.45) is 0 Å². The lowest BCUT2D eigenvalue weighted by Gasteiger charge is -2.09. The van der Waals surface area contributed by atoms with Gasteiger partial charge in [0, 0.05) is 12.2 Å². The van der Waals surface area contributed by atoms with Crippen LogP contribution in [0, 0.1) is 5.82 Å².